The second-order valence-corrected chi connectivity index (χ2v) is 3.81. The molecule has 0 saturated heterocycles. The molecule has 0 aliphatic carbocycles. The van der Waals surface area contributed by atoms with Gasteiger partial charge in [-0.3, -0.25) is 9.59 Å². The van der Waals surface area contributed by atoms with Crippen LogP contribution in [0, 0.1) is 5.82 Å². The lowest BCUT2D eigenvalue weighted by molar-refractivity contribution is -0.117. The van der Waals surface area contributed by atoms with Crippen LogP contribution < -0.4 is 16.6 Å². The fourth-order valence-corrected chi connectivity index (χ4v) is 1.48. The molecule has 1 heterocycles. The largest absolute Gasteiger partial charge is 0.382 e. The monoisotopic (exact) mass is 262 g/mol. The Morgan fingerprint density at radius 3 is 2.89 bits per heavy atom. The van der Waals surface area contributed by atoms with Crippen LogP contribution in [0.15, 0.2) is 41.2 Å². The Bertz CT molecular complexity index is 669. The number of nitrogens with two attached hydrogens (primary N) is 1. The summed E-state index contributed by atoms with van der Waals surface area (Å²) < 4.78 is 13.9. The molecule has 1 amide bonds. The lowest BCUT2D eigenvalue weighted by Gasteiger charge is -2.06. The SMILES string of the molecule is Nc1ccc(=O)n(CC(=O)Nc2cccc(F)c2)n1. The molecule has 3 N–H and O–H groups in total. The van der Waals surface area contributed by atoms with Gasteiger partial charge in [0.15, 0.2) is 0 Å². The highest BCUT2D eigenvalue weighted by Gasteiger charge is 2.07. The van der Waals surface area contributed by atoms with Crippen LogP contribution in [-0.4, -0.2) is 15.7 Å². The zero-order chi connectivity index (χ0) is 13.8. The van der Waals surface area contributed by atoms with Crippen molar-refractivity contribution in [2.45, 2.75) is 6.54 Å². The van der Waals surface area contributed by atoms with E-state index in [-0.39, 0.29) is 12.4 Å². The van der Waals surface area contributed by atoms with E-state index in [0.717, 1.165) is 4.68 Å². The van der Waals surface area contributed by atoms with Gasteiger partial charge in [0.1, 0.15) is 18.2 Å². The van der Waals surface area contributed by atoms with E-state index in [1.165, 1.54) is 36.4 Å². The van der Waals surface area contributed by atoms with Gasteiger partial charge in [-0.25, -0.2) is 9.07 Å². The van der Waals surface area contributed by atoms with Gasteiger partial charge < -0.3 is 11.1 Å². The highest BCUT2D eigenvalue weighted by Crippen LogP contribution is 2.08. The lowest BCUT2D eigenvalue weighted by atomic mass is 10.3. The molecule has 2 aromatic rings. The summed E-state index contributed by atoms with van der Waals surface area (Å²) in [6, 6.07) is 8.01. The normalized spacial score (nSPS) is 10.2. The first-order valence-electron chi connectivity index (χ1n) is 5.43. The number of nitrogen functional groups attached to an aromatic ring is 1. The lowest BCUT2D eigenvalue weighted by Crippen LogP contribution is -2.29. The van der Waals surface area contributed by atoms with Crippen molar-refractivity contribution in [1.82, 2.24) is 9.78 Å². The Labute approximate surface area is 107 Å². The fraction of sp³-hybridized carbons (Fsp3) is 0.0833. The van der Waals surface area contributed by atoms with Gasteiger partial charge >= 0.3 is 0 Å². The minimum absolute atomic E-state index is 0.137. The third kappa shape index (κ3) is 3.38. The number of carbonyl (C=O) groups excluding carboxylic acids is 1. The number of halogens is 1. The van der Waals surface area contributed by atoms with Gasteiger partial charge in [-0.15, -0.1) is 0 Å². The van der Waals surface area contributed by atoms with Gasteiger partial charge in [0.05, 0.1) is 0 Å². The van der Waals surface area contributed by atoms with Crippen LogP contribution in [0.5, 0.6) is 0 Å². The number of rotatable bonds is 3. The average Bonchev–Trinajstić information content (AvgIpc) is 2.34. The maximum atomic E-state index is 12.9. The topological polar surface area (TPSA) is 90.0 Å². The van der Waals surface area contributed by atoms with Gasteiger partial charge in [0.2, 0.25) is 5.91 Å². The van der Waals surface area contributed by atoms with E-state index < -0.39 is 17.3 Å². The quantitative estimate of drug-likeness (QED) is 0.847. The predicted molar refractivity (Wildman–Crippen MR) is 67.9 cm³/mol. The van der Waals surface area contributed by atoms with Gasteiger partial charge in [0.25, 0.3) is 5.56 Å². The van der Waals surface area contributed by atoms with Crippen molar-refractivity contribution >= 4 is 17.4 Å². The van der Waals surface area contributed by atoms with Crippen LogP contribution in [0.4, 0.5) is 15.9 Å². The van der Waals surface area contributed by atoms with Crippen LogP contribution >= 0.6 is 0 Å². The number of nitrogens with zero attached hydrogens (tertiary/aromatic N) is 2. The molecular formula is C12H11FN4O2. The van der Waals surface area contributed by atoms with E-state index in [1.54, 1.807) is 0 Å². The van der Waals surface area contributed by atoms with Crippen molar-refractivity contribution in [2.24, 2.45) is 0 Å². The summed E-state index contributed by atoms with van der Waals surface area (Å²) in [5.41, 5.74) is 5.29. The second-order valence-electron chi connectivity index (χ2n) is 3.81. The summed E-state index contributed by atoms with van der Waals surface area (Å²) in [6.07, 6.45) is 0. The smallest absolute Gasteiger partial charge is 0.267 e. The van der Waals surface area contributed by atoms with E-state index in [0.29, 0.717) is 5.69 Å². The molecule has 0 fully saturated rings. The molecule has 0 atom stereocenters. The molecule has 0 radical (unpaired) electrons. The average molecular weight is 262 g/mol. The molecule has 7 heteroatoms. The van der Waals surface area contributed by atoms with Crippen molar-refractivity contribution in [3.8, 4) is 0 Å². The molecule has 0 saturated carbocycles. The molecule has 0 bridgehead atoms. The fourth-order valence-electron chi connectivity index (χ4n) is 1.48. The minimum atomic E-state index is -0.495. The number of benzene rings is 1. The zero-order valence-electron chi connectivity index (χ0n) is 9.84. The summed E-state index contributed by atoms with van der Waals surface area (Å²) in [7, 11) is 0. The Morgan fingerprint density at radius 2 is 2.16 bits per heavy atom. The summed E-state index contributed by atoms with van der Waals surface area (Å²) in [4.78, 5) is 23.1. The van der Waals surface area contributed by atoms with E-state index in [1.807, 2.05) is 0 Å². The maximum absolute atomic E-state index is 12.9. The first-order chi connectivity index (χ1) is 9.04. The van der Waals surface area contributed by atoms with E-state index in [9.17, 15) is 14.0 Å². The van der Waals surface area contributed by atoms with E-state index >= 15 is 0 Å². The van der Waals surface area contributed by atoms with Crippen molar-refractivity contribution < 1.29 is 9.18 Å². The highest BCUT2D eigenvalue weighted by atomic mass is 19.1. The molecule has 1 aromatic heterocycles. The van der Waals surface area contributed by atoms with Gasteiger partial charge in [0, 0.05) is 11.8 Å². The molecule has 0 aliphatic rings. The molecule has 0 unspecified atom stereocenters. The molecule has 6 nitrogen and oxygen atoms in total. The highest BCUT2D eigenvalue weighted by molar-refractivity contribution is 5.90. The Morgan fingerprint density at radius 1 is 1.37 bits per heavy atom. The standard InChI is InChI=1S/C12H11FN4O2/c13-8-2-1-3-9(6-8)15-11(18)7-17-12(19)5-4-10(14)16-17/h1-6H,7H2,(H2,14,16)(H,15,18). The molecule has 19 heavy (non-hydrogen) atoms. The van der Waals surface area contributed by atoms with Crippen molar-refractivity contribution in [3.05, 3.63) is 52.6 Å². The van der Waals surface area contributed by atoms with Crippen molar-refractivity contribution in [3.63, 3.8) is 0 Å². The Balaban J connectivity index is 2.09. The summed E-state index contributed by atoms with van der Waals surface area (Å²) in [6.45, 7) is -0.291. The molecule has 0 aliphatic heterocycles. The van der Waals surface area contributed by atoms with Crippen LogP contribution in [-0.2, 0) is 11.3 Å². The summed E-state index contributed by atoms with van der Waals surface area (Å²) in [5.74, 6) is -0.819. The van der Waals surface area contributed by atoms with E-state index in [4.69, 9.17) is 5.73 Å². The number of amides is 1. The van der Waals surface area contributed by atoms with Crippen LogP contribution in [0.3, 0.4) is 0 Å². The number of hydrogen-bond acceptors (Lipinski definition) is 4. The second kappa shape index (κ2) is 5.30. The van der Waals surface area contributed by atoms with Crippen molar-refractivity contribution in [1.29, 1.82) is 0 Å². The first kappa shape index (κ1) is 12.7. The maximum Gasteiger partial charge on any atom is 0.267 e. The first-order valence-corrected chi connectivity index (χ1v) is 5.43. The Kier molecular flexibility index (Phi) is 3.56. The number of carbonyl (C=O) groups is 1. The number of anilines is 2. The number of nitrogens with one attached hydrogen (secondary N) is 1. The van der Waals surface area contributed by atoms with Gasteiger partial charge in [-0.2, -0.15) is 5.10 Å². The Hall–Kier alpha value is -2.70. The molecule has 2 rings (SSSR count). The van der Waals surface area contributed by atoms with E-state index in [2.05, 4.69) is 10.4 Å². The third-order valence-corrected chi connectivity index (χ3v) is 2.29. The minimum Gasteiger partial charge on any atom is -0.382 e. The zero-order valence-corrected chi connectivity index (χ0v) is 9.84. The number of hydrogen-bond donors (Lipinski definition) is 2. The van der Waals surface area contributed by atoms with Gasteiger partial charge in [-0.1, -0.05) is 6.07 Å². The molecular weight excluding hydrogens is 251 g/mol. The van der Waals surface area contributed by atoms with Crippen LogP contribution in [0.1, 0.15) is 0 Å². The summed E-state index contributed by atoms with van der Waals surface area (Å²) >= 11 is 0. The van der Waals surface area contributed by atoms with Crippen LogP contribution in [0.2, 0.25) is 0 Å². The summed E-state index contributed by atoms with van der Waals surface area (Å²) in [5, 5.41) is 6.18. The molecule has 1 aromatic carbocycles. The number of aromatic nitrogens is 2. The van der Waals surface area contributed by atoms with Crippen molar-refractivity contribution in [2.75, 3.05) is 11.1 Å². The predicted octanol–water partition coefficient (Wildman–Crippen LogP) is 0.603. The van der Waals surface area contributed by atoms with Crippen LogP contribution in [0.25, 0.3) is 0 Å². The molecule has 0 spiro atoms. The third-order valence-electron chi connectivity index (χ3n) is 2.29. The molecule has 98 valence electrons. The van der Waals surface area contributed by atoms with Gasteiger partial charge in [-0.05, 0) is 24.3 Å².